The Bertz CT molecular complexity index is 765. The van der Waals surface area contributed by atoms with Crippen LogP contribution in [0.25, 0.3) is 0 Å². The van der Waals surface area contributed by atoms with E-state index in [1.807, 2.05) is 38.2 Å². The number of hydrogen-bond donors (Lipinski definition) is 0. The fraction of sp³-hybridized carbons (Fsp3) is 0.667. The van der Waals surface area contributed by atoms with Gasteiger partial charge in [0.15, 0.2) is 5.82 Å². The molecule has 2 aromatic heterocycles. The first-order valence-corrected chi connectivity index (χ1v) is 9.13. The van der Waals surface area contributed by atoms with E-state index in [4.69, 9.17) is 4.52 Å². The molecule has 7 heteroatoms. The highest BCUT2D eigenvalue weighted by atomic mass is 16.5. The summed E-state index contributed by atoms with van der Waals surface area (Å²) in [7, 11) is 1.91. The van der Waals surface area contributed by atoms with Gasteiger partial charge < -0.3 is 9.42 Å². The summed E-state index contributed by atoms with van der Waals surface area (Å²) >= 11 is 0. The Morgan fingerprint density at radius 1 is 1.40 bits per heavy atom. The fourth-order valence-electron chi connectivity index (χ4n) is 3.74. The molecule has 1 saturated carbocycles. The van der Waals surface area contributed by atoms with Crippen LogP contribution < -0.4 is 0 Å². The van der Waals surface area contributed by atoms with E-state index in [1.54, 1.807) is 4.68 Å². The minimum atomic E-state index is 0.111. The molecule has 2 fully saturated rings. The summed E-state index contributed by atoms with van der Waals surface area (Å²) in [4.78, 5) is 19.4. The Kier molecular flexibility index (Phi) is 4.09. The van der Waals surface area contributed by atoms with Crippen LogP contribution in [0.5, 0.6) is 0 Å². The third-order valence-electron chi connectivity index (χ3n) is 5.31. The Labute approximate surface area is 147 Å². The lowest BCUT2D eigenvalue weighted by atomic mass is 9.96. The average Bonchev–Trinajstić information content (AvgIpc) is 3.03. The molecule has 134 valence electrons. The van der Waals surface area contributed by atoms with E-state index >= 15 is 0 Å². The number of aryl methyl sites for hydroxylation is 1. The lowest BCUT2D eigenvalue weighted by molar-refractivity contribution is -0.133. The molecule has 1 aliphatic heterocycles. The van der Waals surface area contributed by atoms with Crippen LogP contribution in [-0.4, -0.2) is 43.8 Å². The quantitative estimate of drug-likeness (QED) is 0.852. The highest BCUT2D eigenvalue weighted by Crippen LogP contribution is 2.48. The van der Waals surface area contributed by atoms with E-state index in [1.165, 1.54) is 5.56 Å². The summed E-state index contributed by atoms with van der Waals surface area (Å²) in [5.74, 6) is 2.56. The van der Waals surface area contributed by atoms with Gasteiger partial charge in [0.2, 0.25) is 11.8 Å². The van der Waals surface area contributed by atoms with Crippen LogP contribution in [-0.2, 0) is 11.8 Å². The Morgan fingerprint density at radius 2 is 2.24 bits per heavy atom. The molecule has 3 atom stereocenters. The van der Waals surface area contributed by atoms with Gasteiger partial charge in [-0.25, -0.2) is 0 Å². The van der Waals surface area contributed by atoms with E-state index in [-0.39, 0.29) is 23.7 Å². The van der Waals surface area contributed by atoms with Crippen molar-refractivity contribution in [3.05, 3.63) is 29.7 Å². The van der Waals surface area contributed by atoms with E-state index in [0.717, 1.165) is 31.6 Å². The number of hydrogen-bond acceptors (Lipinski definition) is 5. The zero-order valence-electron chi connectivity index (χ0n) is 15.1. The zero-order chi connectivity index (χ0) is 17.6. The molecule has 0 unspecified atom stereocenters. The fourth-order valence-corrected chi connectivity index (χ4v) is 3.74. The molecule has 0 spiro atoms. The topological polar surface area (TPSA) is 77.1 Å². The first kappa shape index (κ1) is 16.3. The molecule has 1 amide bonds. The van der Waals surface area contributed by atoms with Crippen LogP contribution in [0.1, 0.15) is 68.1 Å². The zero-order valence-corrected chi connectivity index (χ0v) is 15.1. The molecule has 0 aromatic carbocycles. The highest BCUT2D eigenvalue weighted by molar-refractivity contribution is 5.83. The number of aromatic nitrogens is 4. The molecule has 4 rings (SSSR count). The van der Waals surface area contributed by atoms with Gasteiger partial charge in [-0.3, -0.25) is 9.48 Å². The smallest absolute Gasteiger partial charge is 0.229 e. The summed E-state index contributed by atoms with van der Waals surface area (Å²) in [6.07, 6.45) is 6.84. The van der Waals surface area contributed by atoms with Crippen molar-refractivity contribution in [2.75, 3.05) is 13.1 Å². The van der Waals surface area contributed by atoms with Crippen molar-refractivity contribution < 1.29 is 9.32 Å². The van der Waals surface area contributed by atoms with Crippen molar-refractivity contribution in [3.8, 4) is 0 Å². The third-order valence-corrected chi connectivity index (χ3v) is 5.31. The number of carbonyl (C=O) groups is 1. The van der Waals surface area contributed by atoms with Gasteiger partial charge >= 0.3 is 0 Å². The summed E-state index contributed by atoms with van der Waals surface area (Å²) in [6, 6.07) is 0. The van der Waals surface area contributed by atoms with Gasteiger partial charge in [-0.15, -0.1) is 0 Å². The molecular weight excluding hydrogens is 318 g/mol. The number of likely N-dealkylation sites (tertiary alicyclic amines) is 1. The molecule has 1 aliphatic carbocycles. The molecule has 3 heterocycles. The van der Waals surface area contributed by atoms with E-state index < -0.39 is 0 Å². The number of carbonyl (C=O) groups excluding carboxylic acids is 1. The number of rotatable bonds is 4. The third kappa shape index (κ3) is 3.19. The molecular formula is C18H25N5O2. The minimum Gasteiger partial charge on any atom is -0.342 e. The van der Waals surface area contributed by atoms with Gasteiger partial charge in [0.05, 0.1) is 6.20 Å². The normalized spacial score (nSPS) is 26.2. The lowest BCUT2D eigenvalue weighted by Gasteiger charge is -2.31. The van der Waals surface area contributed by atoms with Crippen molar-refractivity contribution in [1.82, 2.24) is 24.8 Å². The molecule has 2 aromatic rings. The SMILES string of the molecule is CC(C)c1nc([C@@H]2CCCN(C(=O)[C@@H]3C[C@H]3c3cnn(C)c3)C2)no1. The number of amides is 1. The van der Waals surface area contributed by atoms with Crippen LogP contribution in [0.2, 0.25) is 0 Å². The average molecular weight is 343 g/mol. The maximum absolute atomic E-state index is 12.9. The van der Waals surface area contributed by atoms with Gasteiger partial charge in [-0.1, -0.05) is 19.0 Å². The summed E-state index contributed by atoms with van der Waals surface area (Å²) in [5.41, 5.74) is 1.18. The second kappa shape index (κ2) is 6.28. The summed E-state index contributed by atoms with van der Waals surface area (Å²) < 4.78 is 7.14. The molecule has 2 aliphatic rings. The number of piperidine rings is 1. The predicted molar refractivity (Wildman–Crippen MR) is 91.0 cm³/mol. The number of nitrogens with zero attached hydrogens (tertiary/aromatic N) is 5. The first-order chi connectivity index (χ1) is 12.0. The van der Waals surface area contributed by atoms with Gasteiger partial charge in [0.1, 0.15) is 0 Å². The van der Waals surface area contributed by atoms with Gasteiger partial charge in [-0.2, -0.15) is 10.1 Å². The Hall–Kier alpha value is -2.18. The van der Waals surface area contributed by atoms with Crippen molar-refractivity contribution in [3.63, 3.8) is 0 Å². The molecule has 25 heavy (non-hydrogen) atoms. The largest absolute Gasteiger partial charge is 0.342 e. The summed E-state index contributed by atoms with van der Waals surface area (Å²) in [5, 5.41) is 8.36. The first-order valence-electron chi connectivity index (χ1n) is 9.13. The van der Waals surface area contributed by atoms with Gasteiger partial charge in [0, 0.05) is 44.1 Å². The maximum atomic E-state index is 12.9. The van der Waals surface area contributed by atoms with Crippen molar-refractivity contribution in [2.45, 2.75) is 50.9 Å². The van der Waals surface area contributed by atoms with E-state index in [9.17, 15) is 4.79 Å². The lowest BCUT2D eigenvalue weighted by Crippen LogP contribution is -2.40. The second-order valence-electron chi connectivity index (χ2n) is 7.66. The maximum Gasteiger partial charge on any atom is 0.229 e. The Morgan fingerprint density at radius 3 is 2.92 bits per heavy atom. The van der Waals surface area contributed by atoms with E-state index in [2.05, 4.69) is 15.2 Å². The minimum absolute atomic E-state index is 0.111. The molecule has 1 saturated heterocycles. The predicted octanol–water partition coefficient (Wildman–Crippen LogP) is 2.44. The van der Waals surface area contributed by atoms with Crippen LogP contribution in [0.4, 0.5) is 0 Å². The van der Waals surface area contributed by atoms with Crippen LogP contribution >= 0.6 is 0 Å². The van der Waals surface area contributed by atoms with Crippen LogP contribution in [0.3, 0.4) is 0 Å². The molecule has 0 bridgehead atoms. The van der Waals surface area contributed by atoms with Crippen molar-refractivity contribution >= 4 is 5.91 Å². The Balaban J connectivity index is 1.40. The summed E-state index contributed by atoms with van der Waals surface area (Å²) in [6.45, 7) is 5.62. The van der Waals surface area contributed by atoms with Crippen molar-refractivity contribution in [1.29, 1.82) is 0 Å². The monoisotopic (exact) mass is 343 g/mol. The highest BCUT2D eigenvalue weighted by Gasteiger charge is 2.47. The van der Waals surface area contributed by atoms with Crippen molar-refractivity contribution in [2.24, 2.45) is 13.0 Å². The van der Waals surface area contributed by atoms with Gasteiger partial charge in [-0.05, 0) is 30.7 Å². The van der Waals surface area contributed by atoms with Gasteiger partial charge in [0.25, 0.3) is 0 Å². The second-order valence-corrected chi connectivity index (χ2v) is 7.66. The standard InChI is InChI=1S/C18H25N5O2/c1-11(2)17-20-16(21-25-17)12-5-4-6-23(10-12)18(24)15-7-14(15)13-8-19-22(3)9-13/h8-9,11-12,14-15H,4-7,10H2,1-3H3/t12-,14+,15-/m1/s1. The van der Waals surface area contributed by atoms with Crippen LogP contribution in [0, 0.1) is 5.92 Å². The molecule has 0 radical (unpaired) electrons. The van der Waals surface area contributed by atoms with Crippen LogP contribution in [0.15, 0.2) is 16.9 Å². The van der Waals surface area contributed by atoms with E-state index in [0.29, 0.717) is 18.4 Å². The molecule has 7 nitrogen and oxygen atoms in total. The molecule has 0 N–H and O–H groups in total.